The van der Waals surface area contributed by atoms with Crippen LogP contribution in [-0.2, 0) is 19.3 Å². The van der Waals surface area contributed by atoms with E-state index in [9.17, 15) is 0 Å². The molecule has 2 nitrogen and oxygen atoms in total. The summed E-state index contributed by atoms with van der Waals surface area (Å²) in [5.41, 5.74) is 8.85. The molecule has 2 aliphatic rings. The Balaban J connectivity index is 1.41. The van der Waals surface area contributed by atoms with Gasteiger partial charge in [0, 0.05) is 36.1 Å². The van der Waals surface area contributed by atoms with Crippen LogP contribution in [0.15, 0.2) is 76.7 Å². The van der Waals surface area contributed by atoms with Crippen LogP contribution < -0.4 is 0 Å². The van der Waals surface area contributed by atoms with Gasteiger partial charge in [-0.3, -0.25) is 9.98 Å². The highest BCUT2D eigenvalue weighted by molar-refractivity contribution is 6.06. The molecule has 2 heteroatoms. The molecule has 2 heterocycles. The third-order valence-corrected chi connectivity index (χ3v) is 6.03. The summed E-state index contributed by atoms with van der Waals surface area (Å²) in [5.74, 6) is 0. The zero-order valence-corrected chi connectivity index (χ0v) is 15.9. The second-order valence-electron chi connectivity index (χ2n) is 7.93. The van der Waals surface area contributed by atoms with E-state index in [0.717, 1.165) is 24.9 Å². The van der Waals surface area contributed by atoms with E-state index < -0.39 is 0 Å². The van der Waals surface area contributed by atoms with Crippen molar-refractivity contribution < 1.29 is 0 Å². The summed E-state index contributed by atoms with van der Waals surface area (Å²) in [6.45, 7) is 2.12. The molecule has 0 N–H and O–H groups in total. The first-order valence-corrected chi connectivity index (χ1v) is 9.91. The van der Waals surface area contributed by atoms with Gasteiger partial charge in [-0.15, -0.1) is 0 Å². The van der Waals surface area contributed by atoms with Crippen molar-refractivity contribution in [1.29, 1.82) is 0 Å². The molecule has 4 aromatic rings. The number of nitrogens with zero attached hydrogens (tertiary/aromatic N) is 2. The summed E-state index contributed by atoms with van der Waals surface area (Å²) in [6, 6.07) is 24.1. The Morgan fingerprint density at radius 3 is 2.61 bits per heavy atom. The number of aliphatic imine (C=N–C) groups is 2. The number of benzene rings is 4. The zero-order valence-electron chi connectivity index (χ0n) is 15.9. The second kappa shape index (κ2) is 5.87. The Hall–Kier alpha value is -3.26. The van der Waals surface area contributed by atoms with E-state index in [-0.39, 0.29) is 0 Å². The average molecular weight is 360 g/mol. The van der Waals surface area contributed by atoms with Crippen LogP contribution >= 0.6 is 0 Å². The van der Waals surface area contributed by atoms with Gasteiger partial charge in [0.15, 0.2) is 0 Å². The molecule has 0 saturated heterocycles. The van der Waals surface area contributed by atoms with Gasteiger partial charge in [-0.25, -0.2) is 0 Å². The molecule has 0 fully saturated rings. The average Bonchev–Trinajstić information content (AvgIpc) is 3.30. The fraction of sp³-hybridized carbons (Fsp3) is 0.154. The van der Waals surface area contributed by atoms with Crippen molar-refractivity contribution in [2.45, 2.75) is 26.2 Å². The van der Waals surface area contributed by atoms with Gasteiger partial charge in [-0.2, -0.15) is 0 Å². The molecule has 0 amide bonds. The predicted molar refractivity (Wildman–Crippen MR) is 119 cm³/mol. The lowest BCUT2D eigenvalue weighted by molar-refractivity contribution is 1.28. The monoisotopic (exact) mass is 360 g/mol. The van der Waals surface area contributed by atoms with E-state index in [4.69, 9.17) is 4.99 Å². The van der Waals surface area contributed by atoms with Gasteiger partial charge in [0.25, 0.3) is 0 Å². The van der Waals surface area contributed by atoms with Crippen molar-refractivity contribution in [3.8, 4) is 0 Å². The molecule has 6 rings (SSSR count). The van der Waals surface area contributed by atoms with Gasteiger partial charge in [0.2, 0.25) is 0 Å². The Kier molecular flexibility index (Phi) is 3.30. The molecule has 0 unspecified atom stereocenters. The predicted octanol–water partition coefficient (Wildman–Crippen LogP) is 6.51. The maximum absolute atomic E-state index is 5.06. The van der Waals surface area contributed by atoms with Crippen LogP contribution in [0, 0.1) is 0 Å². The fourth-order valence-corrected chi connectivity index (χ4v) is 4.73. The largest absolute Gasteiger partial charge is 0.257 e. The lowest BCUT2D eigenvalue weighted by atomic mass is 9.94. The van der Waals surface area contributed by atoms with Crippen molar-refractivity contribution in [3.63, 3.8) is 0 Å². The first-order valence-electron chi connectivity index (χ1n) is 9.91. The van der Waals surface area contributed by atoms with Crippen molar-refractivity contribution in [3.05, 3.63) is 83.4 Å². The highest BCUT2D eigenvalue weighted by Crippen LogP contribution is 2.37. The minimum Gasteiger partial charge on any atom is -0.257 e. The molecule has 0 bridgehead atoms. The third kappa shape index (κ3) is 2.34. The highest BCUT2D eigenvalue weighted by Gasteiger charge is 2.19. The van der Waals surface area contributed by atoms with Gasteiger partial charge in [-0.1, -0.05) is 60.7 Å². The van der Waals surface area contributed by atoms with Crippen LogP contribution in [0.5, 0.6) is 0 Å². The number of hydrogen-bond donors (Lipinski definition) is 0. The van der Waals surface area contributed by atoms with Crippen LogP contribution in [0.4, 0.5) is 11.4 Å². The Labute approximate surface area is 164 Å². The van der Waals surface area contributed by atoms with E-state index in [1.807, 2.05) is 0 Å². The molecule has 2 aliphatic heterocycles. The molecule has 0 radical (unpaired) electrons. The summed E-state index contributed by atoms with van der Waals surface area (Å²) in [5, 5.41) is 5.22. The molecule has 0 atom stereocenters. The van der Waals surface area contributed by atoms with Crippen LogP contribution in [0.1, 0.15) is 23.6 Å². The van der Waals surface area contributed by atoms with Crippen LogP contribution in [0.25, 0.3) is 21.5 Å². The quantitative estimate of drug-likeness (QED) is 0.389. The maximum Gasteiger partial charge on any atom is 0.0743 e. The van der Waals surface area contributed by atoms with Gasteiger partial charge in [-0.05, 0) is 45.8 Å². The van der Waals surface area contributed by atoms with E-state index in [0.29, 0.717) is 0 Å². The van der Waals surface area contributed by atoms with Gasteiger partial charge in [0.1, 0.15) is 0 Å². The molecule has 28 heavy (non-hydrogen) atoms. The highest BCUT2D eigenvalue weighted by atomic mass is 14.8. The Morgan fingerprint density at radius 1 is 0.750 bits per heavy atom. The molecular weight excluding hydrogens is 340 g/mol. The van der Waals surface area contributed by atoms with Gasteiger partial charge >= 0.3 is 0 Å². The van der Waals surface area contributed by atoms with E-state index in [2.05, 4.69) is 78.6 Å². The van der Waals surface area contributed by atoms with Crippen LogP contribution in [-0.4, -0.2) is 11.4 Å². The molecular formula is C26H20N2. The smallest absolute Gasteiger partial charge is 0.0743 e. The summed E-state index contributed by atoms with van der Waals surface area (Å²) >= 11 is 0. The molecule has 4 aromatic carbocycles. The summed E-state index contributed by atoms with van der Waals surface area (Å²) < 4.78 is 0. The van der Waals surface area contributed by atoms with Crippen molar-refractivity contribution in [2.24, 2.45) is 9.98 Å². The number of rotatable bonds is 2. The second-order valence-corrected chi connectivity index (χ2v) is 7.93. The van der Waals surface area contributed by atoms with Crippen molar-refractivity contribution >= 4 is 44.3 Å². The lowest BCUT2D eigenvalue weighted by Gasteiger charge is -2.10. The zero-order chi connectivity index (χ0) is 18.7. The normalized spacial score (nSPS) is 14.9. The number of hydrogen-bond acceptors (Lipinski definition) is 2. The van der Waals surface area contributed by atoms with Crippen molar-refractivity contribution in [1.82, 2.24) is 0 Å². The standard InChI is InChI=1S/C26H20N2/c1-16-13-24-23-8-4-6-18(21(23)11-12-25(24)27-16)14-20-15-19-10-9-17-5-2-3-7-22(17)26(19)28-20/h2-12H,13-15H2,1H3. The summed E-state index contributed by atoms with van der Waals surface area (Å²) in [7, 11) is 0. The van der Waals surface area contributed by atoms with Gasteiger partial charge < -0.3 is 0 Å². The minimum atomic E-state index is 0.902. The minimum absolute atomic E-state index is 0.902. The van der Waals surface area contributed by atoms with Crippen molar-refractivity contribution in [2.75, 3.05) is 0 Å². The van der Waals surface area contributed by atoms with E-state index in [1.54, 1.807) is 0 Å². The van der Waals surface area contributed by atoms with Crippen LogP contribution in [0.3, 0.4) is 0 Å². The Bertz CT molecular complexity index is 1340. The molecule has 0 spiro atoms. The molecule has 0 aliphatic carbocycles. The van der Waals surface area contributed by atoms with Crippen LogP contribution in [0.2, 0.25) is 0 Å². The Morgan fingerprint density at radius 2 is 1.64 bits per heavy atom. The molecule has 134 valence electrons. The summed E-state index contributed by atoms with van der Waals surface area (Å²) in [6.07, 6.45) is 2.82. The molecule has 0 aromatic heterocycles. The SMILES string of the molecule is CC1=Nc2ccc3c(CC4=Nc5c(ccc6ccccc56)C4)cccc3c2C1. The first-order chi connectivity index (χ1) is 13.8. The van der Waals surface area contributed by atoms with Gasteiger partial charge in [0.05, 0.1) is 11.4 Å². The van der Waals surface area contributed by atoms with E-state index in [1.165, 1.54) is 55.3 Å². The first kappa shape index (κ1) is 15.8. The summed E-state index contributed by atoms with van der Waals surface area (Å²) in [4.78, 5) is 9.74. The lowest BCUT2D eigenvalue weighted by Crippen LogP contribution is -2.03. The third-order valence-electron chi connectivity index (χ3n) is 6.03. The van der Waals surface area contributed by atoms with E-state index >= 15 is 0 Å². The maximum atomic E-state index is 5.06. The fourth-order valence-electron chi connectivity index (χ4n) is 4.73. The number of fused-ring (bicyclic) bond motifs is 6. The topological polar surface area (TPSA) is 24.7 Å². The molecule has 0 saturated carbocycles.